The van der Waals surface area contributed by atoms with Crippen LogP contribution in [0, 0.1) is 13.8 Å². The van der Waals surface area contributed by atoms with Crippen molar-refractivity contribution in [3.63, 3.8) is 0 Å². The van der Waals surface area contributed by atoms with E-state index in [9.17, 15) is 13.2 Å². The predicted octanol–water partition coefficient (Wildman–Crippen LogP) is 3.28. The zero-order valence-corrected chi connectivity index (χ0v) is 19.0. The van der Waals surface area contributed by atoms with Gasteiger partial charge in [-0.15, -0.1) is 0 Å². The molecule has 1 aliphatic heterocycles. The van der Waals surface area contributed by atoms with E-state index in [2.05, 4.69) is 14.9 Å². The number of benzene rings is 2. The summed E-state index contributed by atoms with van der Waals surface area (Å²) in [7, 11) is -3.91. The van der Waals surface area contributed by atoms with Crippen LogP contribution < -0.4 is 4.72 Å². The molecule has 11 heteroatoms. The molecule has 2 aromatic carbocycles. The summed E-state index contributed by atoms with van der Waals surface area (Å²) >= 11 is 6.11. The number of ether oxygens (including phenoxy) is 1. The monoisotopic (exact) mass is 476 g/mol. The largest absolute Gasteiger partial charge is 0.378 e. The summed E-state index contributed by atoms with van der Waals surface area (Å²) in [5, 5.41) is 4.32. The molecule has 0 spiro atoms. The Morgan fingerprint density at radius 1 is 1.09 bits per heavy atom. The van der Waals surface area contributed by atoms with Crippen LogP contribution in [0.5, 0.6) is 0 Å². The van der Waals surface area contributed by atoms with E-state index in [1.807, 2.05) is 6.92 Å². The lowest BCUT2D eigenvalue weighted by atomic mass is 10.1. The number of halogens is 1. The Bertz CT molecular complexity index is 1270. The Morgan fingerprint density at radius 3 is 2.53 bits per heavy atom. The number of aryl methyl sites for hydroxylation is 2. The van der Waals surface area contributed by atoms with Crippen LogP contribution in [0.3, 0.4) is 0 Å². The smallest absolute Gasteiger partial charge is 0.316 e. The van der Waals surface area contributed by atoms with Gasteiger partial charge in [-0.3, -0.25) is 9.52 Å². The molecule has 0 aliphatic carbocycles. The zero-order valence-electron chi connectivity index (χ0n) is 17.5. The van der Waals surface area contributed by atoms with Crippen LogP contribution in [0.1, 0.15) is 21.8 Å². The Balaban J connectivity index is 1.60. The third-order valence-electron chi connectivity index (χ3n) is 5.07. The first kappa shape index (κ1) is 22.3. The third kappa shape index (κ3) is 4.62. The summed E-state index contributed by atoms with van der Waals surface area (Å²) in [4.78, 5) is 18.3. The average molecular weight is 477 g/mol. The number of hydrogen-bond acceptors (Lipinski definition) is 7. The number of carbonyl (C=O) groups excluding carboxylic acids is 1. The molecule has 1 N–H and O–H groups in total. The van der Waals surface area contributed by atoms with Crippen LogP contribution in [0.15, 0.2) is 45.8 Å². The van der Waals surface area contributed by atoms with E-state index in [4.69, 9.17) is 20.9 Å². The molecule has 0 saturated carbocycles. The minimum Gasteiger partial charge on any atom is -0.378 e. The molecule has 1 aromatic heterocycles. The highest BCUT2D eigenvalue weighted by Gasteiger charge is 2.25. The number of rotatable bonds is 5. The summed E-state index contributed by atoms with van der Waals surface area (Å²) in [5.41, 5.74) is 2.13. The molecular formula is C21H21ClN4O5S. The van der Waals surface area contributed by atoms with E-state index in [0.29, 0.717) is 48.1 Å². The summed E-state index contributed by atoms with van der Waals surface area (Å²) in [5.74, 6) is -0.416. The van der Waals surface area contributed by atoms with Crippen molar-refractivity contribution in [3.8, 4) is 11.4 Å². The van der Waals surface area contributed by atoms with Gasteiger partial charge in [-0.25, -0.2) is 8.42 Å². The average Bonchev–Trinajstić information content (AvgIpc) is 3.26. The Morgan fingerprint density at radius 2 is 1.81 bits per heavy atom. The van der Waals surface area contributed by atoms with Crippen LogP contribution in [0.4, 0.5) is 5.69 Å². The van der Waals surface area contributed by atoms with E-state index < -0.39 is 10.0 Å². The van der Waals surface area contributed by atoms with Gasteiger partial charge in [0.05, 0.1) is 23.8 Å². The first-order valence-corrected chi connectivity index (χ1v) is 11.7. The minimum absolute atomic E-state index is 0.0533. The molecule has 0 radical (unpaired) electrons. The highest BCUT2D eigenvalue weighted by atomic mass is 35.5. The van der Waals surface area contributed by atoms with Crippen LogP contribution in [-0.4, -0.2) is 55.7 Å². The van der Waals surface area contributed by atoms with Crippen molar-refractivity contribution >= 4 is 33.2 Å². The molecule has 168 valence electrons. The van der Waals surface area contributed by atoms with Gasteiger partial charge in [0.25, 0.3) is 10.0 Å². The fourth-order valence-electron chi connectivity index (χ4n) is 3.22. The molecule has 0 bridgehead atoms. The molecule has 2 heterocycles. The quantitative estimate of drug-likeness (QED) is 0.600. The number of anilines is 1. The van der Waals surface area contributed by atoms with Gasteiger partial charge in [0.15, 0.2) is 0 Å². The number of carbonyl (C=O) groups is 1. The topological polar surface area (TPSA) is 115 Å². The summed E-state index contributed by atoms with van der Waals surface area (Å²) < 4.78 is 39.0. The van der Waals surface area contributed by atoms with Gasteiger partial charge in [0.1, 0.15) is 0 Å². The van der Waals surface area contributed by atoms with Crippen molar-refractivity contribution in [3.05, 3.63) is 58.4 Å². The molecule has 3 aromatic rings. The standard InChI is InChI=1S/C21H21ClN4O5S/c1-13-4-6-16(12-17(13)22)25-32(28,29)18-11-15(5-3-14(18)2)19-23-20(31-24-19)21(27)26-7-9-30-10-8-26/h3-6,11-12,25H,7-10H2,1-2H3. The zero-order chi connectivity index (χ0) is 22.9. The lowest BCUT2D eigenvalue weighted by Gasteiger charge is -2.25. The predicted molar refractivity (Wildman–Crippen MR) is 118 cm³/mol. The van der Waals surface area contributed by atoms with Gasteiger partial charge in [0.2, 0.25) is 5.82 Å². The second-order valence-corrected chi connectivity index (χ2v) is 9.44. The van der Waals surface area contributed by atoms with E-state index in [0.717, 1.165) is 5.56 Å². The molecular weight excluding hydrogens is 456 g/mol. The maximum Gasteiger partial charge on any atom is 0.316 e. The fraction of sp³-hybridized carbons (Fsp3) is 0.286. The molecule has 32 heavy (non-hydrogen) atoms. The maximum atomic E-state index is 13.0. The van der Waals surface area contributed by atoms with E-state index >= 15 is 0 Å². The van der Waals surface area contributed by atoms with Crippen molar-refractivity contribution in [1.29, 1.82) is 0 Å². The SMILES string of the molecule is Cc1ccc(NS(=O)(=O)c2cc(-c3noc(C(=O)N4CCOCC4)n3)ccc2C)cc1Cl. The molecule has 1 amide bonds. The van der Waals surface area contributed by atoms with Crippen LogP contribution in [-0.2, 0) is 14.8 Å². The van der Waals surface area contributed by atoms with Crippen molar-refractivity contribution in [2.24, 2.45) is 0 Å². The number of amides is 1. The fourth-order valence-corrected chi connectivity index (χ4v) is 4.73. The molecule has 0 unspecified atom stereocenters. The normalized spacial score (nSPS) is 14.4. The number of sulfonamides is 1. The van der Waals surface area contributed by atoms with Crippen LogP contribution in [0.25, 0.3) is 11.4 Å². The lowest BCUT2D eigenvalue weighted by Crippen LogP contribution is -2.40. The van der Waals surface area contributed by atoms with E-state index in [1.165, 1.54) is 6.07 Å². The van der Waals surface area contributed by atoms with Crippen LogP contribution >= 0.6 is 11.6 Å². The maximum absolute atomic E-state index is 13.0. The lowest BCUT2D eigenvalue weighted by molar-refractivity contribution is 0.0272. The number of morpholine rings is 1. The third-order valence-corrected chi connectivity index (χ3v) is 7.00. The van der Waals surface area contributed by atoms with Crippen molar-refractivity contribution < 1.29 is 22.5 Å². The number of nitrogens with zero attached hydrogens (tertiary/aromatic N) is 3. The highest BCUT2D eigenvalue weighted by molar-refractivity contribution is 7.92. The Hall–Kier alpha value is -2.95. The molecule has 0 atom stereocenters. The van der Waals surface area contributed by atoms with Crippen LogP contribution in [0.2, 0.25) is 5.02 Å². The molecule has 4 rings (SSSR count). The first-order chi connectivity index (χ1) is 15.2. The van der Waals surface area contributed by atoms with Gasteiger partial charge in [-0.2, -0.15) is 4.98 Å². The first-order valence-electron chi connectivity index (χ1n) is 9.85. The van der Waals surface area contributed by atoms with Crippen molar-refractivity contribution in [1.82, 2.24) is 15.0 Å². The number of aromatic nitrogens is 2. The van der Waals surface area contributed by atoms with Gasteiger partial charge >= 0.3 is 11.8 Å². The minimum atomic E-state index is -3.91. The summed E-state index contributed by atoms with van der Waals surface area (Å²) in [6, 6.07) is 9.69. The Labute approximate surface area is 190 Å². The summed E-state index contributed by atoms with van der Waals surface area (Å²) in [6.45, 7) is 5.30. The number of hydrogen-bond donors (Lipinski definition) is 1. The van der Waals surface area contributed by atoms with Crippen molar-refractivity contribution in [2.45, 2.75) is 18.7 Å². The van der Waals surface area contributed by atoms with Gasteiger partial charge in [-0.1, -0.05) is 35.0 Å². The second kappa shape index (κ2) is 8.89. The molecule has 1 fully saturated rings. The molecule has 1 saturated heterocycles. The van der Waals surface area contributed by atoms with Gasteiger partial charge in [0, 0.05) is 23.7 Å². The highest BCUT2D eigenvalue weighted by Crippen LogP contribution is 2.27. The second-order valence-electron chi connectivity index (χ2n) is 7.38. The molecule has 9 nitrogen and oxygen atoms in total. The van der Waals surface area contributed by atoms with Gasteiger partial charge < -0.3 is 14.2 Å². The Kier molecular flexibility index (Phi) is 6.18. The number of nitrogens with one attached hydrogen (secondary N) is 1. The molecule has 1 aliphatic rings. The van der Waals surface area contributed by atoms with Crippen molar-refractivity contribution in [2.75, 3.05) is 31.0 Å². The van der Waals surface area contributed by atoms with E-state index in [1.54, 1.807) is 42.2 Å². The van der Waals surface area contributed by atoms with Gasteiger partial charge in [-0.05, 0) is 43.2 Å². The van der Waals surface area contributed by atoms with E-state index in [-0.39, 0.29) is 22.5 Å². The summed E-state index contributed by atoms with van der Waals surface area (Å²) in [6.07, 6.45) is 0.